The lowest BCUT2D eigenvalue weighted by molar-refractivity contribution is 0.333. The van der Waals surface area contributed by atoms with Gasteiger partial charge in [0.25, 0.3) is 0 Å². The van der Waals surface area contributed by atoms with Crippen LogP contribution in [0.3, 0.4) is 0 Å². The molecule has 0 spiro atoms. The van der Waals surface area contributed by atoms with Crippen LogP contribution in [-0.2, 0) is 15.9 Å². The van der Waals surface area contributed by atoms with E-state index >= 15 is 0 Å². The normalized spacial score (nSPS) is 12.3. The number of halogens is 1. The summed E-state index contributed by atoms with van der Waals surface area (Å²) in [6, 6.07) is 6.93. The molecule has 0 saturated heterocycles. The molecule has 0 aromatic heterocycles. The molecule has 0 N–H and O–H groups in total. The van der Waals surface area contributed by atoms with Gasteiger partial charge in [-0.3, -0.25) is 0 Å². The van der Waals surface area contributed by atoms with E-state index in [1.54, 1.807) is 28.6 Å². The van der Waals surface area contributed by atoms with E-state index in [1.807, 2.05) is 25.9 Å². The maximum absolute atomic E-state index is 12.8. The Morgan fingerprint density at radius 2 is 1.75 bits per heavy atom. The van der Waals surface area contributed by atoms with E-state index < -0.39 is 10.0 Å². The molecular weight excluding hydrogens is 296 g/mol. The Labute approximate surface area is 127 Å². The second-order valence-electron chi connectivity index (χ2n) is 4.95. The van der Waals surface area contributed by atoms with E-state index in [0.717, 1.165) is 6.42 Å². The fraction of sp³-hybridized carbons (Fsp3) is 0.571. The van der Waals surface area contributed by atoms with Crippen molar-refractivity contribution in [2.75, 3.05) is 33.7 Å². The second-order valence-corrected chi connectivity index (χ2v) is 7.12. The van der Waals surface area contributed by atoms with E-state index in [4.69, 9.17) is 11.6 Å². The van der Waals surface area contributed by atoms with Crippen molar-refractivity contribution < 1.29 is 8.42 Å². The van der Waals surface area contributed by atoms with Crippen molar-refractivity contribution in [3.63, 3.8) is 0 Å². The zero-order chi connectivity index (χ0) is 15.2. The van der Waals surface area contributed by atoms with Crippen LogP contribution in [0.5, 0.6) is 0 Å². The SMILES string of the molecule is CCCN(CCN(C)C)S(=O)(=O)c1ccccc1CCl. The van der Waals surface area contributed by atoms with Crippen molar-refractivity contribution in [3.8, 4) is 0 Å². The largest absolute Gasteiger partial charge is 0.308 e. The molecule has 114 valence electrons. The Kier molecular flexibility index (Phi) is 6.95. The lowest BCUT2D eigenvalue weighted by Crippen LogP contribution is -2.37. The van der Waals surface area contributed by atoms with Crippen LogP contribution in [0.15, 0.2) is 29.2 Å². The van der Waals surface area contributed by atoms with Gasteiger partial charge in [-0.1, -0.05) is 25.1 Å². The number of hydrogen-bond acceptors (Lipinski definition) is 3. The maximum atomic E-state index is 12.8. The molecule has 0 aliphatic carbocycles. The summed E-state index contributed by atoms with van der Waals surface area (Å²) in [5, 5.41) is 0. The monoisotopic (exact) mass is 318 g/mol. The summed E-state index contributed by atoms with van der Waals surface area (Å²) in [4.78, 5) is 2.30. The Balaban J connectivity index is 3.09. The molecule has 0 atom stereocenters. The molecular formula is C14H23ClN2O2S. The molecule has 0 fully saturated rings. The second kappa shape index (κ2) is 7.98. The number of nitrogens with zero attached hydrogens (tertiary/aromatic N) is 2. The third kappa shape index (κ3) is 4.45. The fourth-order valence-electron chi connectivity index (χ4n) is 1.92. The van der Waals surface area contributed by atoms with Gasteiger partial charge in [0.1, 0.15) is 0 Å². The molecule has 0 aliphatic heterocycles. The first-order valence-corrected chi connectivity index (χ1v) is 8.69. The van der Waals surface area contributed by atoms with Crippen LogP contribution >= 0.6 is 11.6 Å². The van der Waals surface area contributed by atoms with Crippen molar-refractivity contribution >= 4 is 21.6 Å². The van der Waals surface area contributed by atoms with E-state index in [2.05, 4.69) is 0 Å². The van der Waals surface area contributed by atoms with Gasteiger partial charge in [0.2, 0.25) is 10.0 Å². The highest BCUT2D eigenvalue weighted by atomic mass is 35.5. The molecule has 0 radical (unpaired) electrons. The van der Waals surface area contributed by atoms with Crippen LogP contribution in [0.2, 0.25) is 0 Å². The van der Waals surface area contributed by atoms with Gasteiger partial charge in [0.15, 0.2) is 0 Å². The molecule has 0 unspecified atom stereocenters. The van der Waals surface area contributed by atoms with Crippen LogP contribution in [0.4, 0.5) is 0 Å². The number of likely N-dealkylation sites (N-methyl/N-ethyl adjacent to an activating group) is 1. The predicted molar refractivity (Wildman–Crippen MR) is 83.6 cm³/mol. The molecule has 1 aromatic rings. The highest BCUT2D eigenvalue weighted by Crippen LogP contribution is 2.21. The summed E-state index contributed by atoms with van der Waals surface area (Å²) in [6.07, 6.45) is 0.787. The lowest BCUT2D eigenvalue weighted by Gasteiger charge is -2.24. The first-order valence-electron chi connectivity index (χ1n) is 6.72. The standard InChI is InChI=1S/C14H23ClN2O2S/c1-4-9-17(11-10-16(2)3)20(18,19)14-8-6-5-7-13(14)12-15/h5-8H,4,9-12H2,1-3H3. The molecule has 0 amide bonds. The number of hydrogen-bond donors (Lipinski definition) is 0. The van der Waals surface area contributed by atoms with Crippen molar-refractivity contribution in [2.24, 2.45) is 0 Å². The number of alkyl halides is 1. The fourth-order valence-corrected chi connectivity index (χ4v) is 3.98. The summed E-state index contributed by atoms with van der Waals surface area (Å²) in [6.45, 7) is 3.68. The maximum Gasteiger partial charge on any atom is 0.243 e. The third-order valence-corrected chi connectivity index (χ3v) is 5.29. The quantitative estimate of drug-likeness (QED) is 0.691. The zero-order valence-electron chi connectivity index (χ0n) is 12.3. The Morgan fingerprint density at radius 3 is 2.30 bits per heavy atom. The van der Waals surface area contributed by atoms with Crippen molar-refractivity contribution in [3.05, 3.63) is 29.8 Å². The average molecular weight is 319 g/mol. The van der Waals surface area contributed by atoms with Gasteiger partial charge in [-0.05, 0) is 32.1 Å². The van der Waals surface area contributed by atoms with Gasteiger partial charge in [0.05, 0.1) is 4.90 Å². The average Bonchev–Trinajstić information content (AvgIpc) is 2.42. The molecule has 20 heavy (non-hydrogen) atoms. The van der Waals surface area contributed by atoms with Gasteiger partial charge in [-0.2, -0.15) is 4.31 Å². The summed E-state index contributed by atoms with van der Waals surface area (Å²) in [7, 11) is 0.389. The molecule has 4 nitrogen and oxygen atoms in total. The van der Waals surface area contributed by atoms with E-state index in [1.165, 1.54) is 0 Å². The van der Waals surface area contributed by atoms with Gasteiger partial charge in [-0.15, -0.1) is 11.6 Å². The van der Waals surface area contributed by atoms with E-state index in [9.17, 15) is 8.42 Å². The third-order valence-electron chi connectivity index (χ3n) is 3.00. The molecule has 1 rings (SSSR count). The summed E-state index contributed by atoms with van der Waals surface area (Å²) in [5.74, 6) is 0.197. The summed E-state index contributed by atoms with van der Waals surface area (Å²) in [5.41, 5.74) is 0.653. The molecule has 0 heterocycles. The van der Waals surface area contributed by atoms with Crippen LogP contribution in [0.1, 0.15) is 18.9 Å². The summed E-state index contributed by atoms with van der Waals surface area (Å²) < 4.78 is 27.1. The van der Waals surface area contributed by atoms with Gasteiger partial charge < -0.3 is 4.90 Å². The smallest absolute Gasteiger partial charge is 0.243 e. The first-order chi connectivity index (χ1) is 9.43. The lowest BCUT2D eigenvalue weighted by atomic mass is 10.2. The van der Waals surface area contributed by atoms with Crippen molar-refractivity contribution in [1.82, 2.24) is 9.21 Å². The Hall–Kier alpha value is -0.620. The van der Waals surface area contributed by atoms with Crippen molar-refractivity contribution in [2.45, 2.75) is 24.1 Å². The van der Waals surface area contributed by atoms with Gasteiger partial charge >= 0.3 is 0 Å². The van der Waals surface area contributed by atoms with Crippen LogP contribution in [0.25, 0.3) is 0 Å². The minimum absolute atomic E-state index is 0.197. The number of sulfonamides is 1. The highest BCUT2D eigenvalue weighted by molar-refractivity contribution is 7.89. The van der Waals surface area contributed by atoms with Gasteiger partial charge in [-0.25, -0.2) is 8.42 Å². The van der Waals surface area contributed by atoms with Crippen LogP contribution in [0, 0.1) is 0 Å². The molecule has 0 aliphatic rings. The predicted octanol–water partition coefficient (Wildman–Crippen LogP) is 2.39. The highest BCUT2D eigenvalue weighted by Gasteiger charge is 2.25. The molecule has 1 aromatic carbocycles. The topological polar surface area (TPSA) is 40.6 Å². The minimum Gasteiger partial charge on any atom is -0.308 e. The Morgan fingerprint density at radius 1 is 1.10 bits per heavy atom. The minimum atomic E-state index is -3.48. The van der Waals surface area contributed by atoms with E-state index in [0.29, 0.717) is 30.1 Å². The van der Waals surface area contributed by atoms with Crippen molar-refractivity contribution in [1.29, 1.82) is 0 Å². The Bertz CT molecular complexity index is 518. The van der Waals surface area contributed by atoms with Crippen LogP contribution < -0.4 is 0 Å². The molecule has 6 heteroatoms. The summed E-state index contributed by atoms with van der Waals surface area (Å²) >= 11 is 5.86. The van der Waals surface area contributed by atoms with Gasteiger partial charge in [0, 0.05) is 25.5 Å². The van der Waals surface area contributed by atoms with Crippen LogP contribution in [-0.4, -0.2) is 51.4 Å². The zero-order valence-corrected chi connectivity index (χ0v) is 13.9. The number of benzene rings is 1. The van der Waals surface area contributed by atoms with E-state index in [-0.39, 0.29) is 5.88 Å². The first kappa shape index (κ1) is 17.4. The molecule has 0 saturated carbocycles. The molecule has 0 bridgehead atoms. The number of rotatable bonds is 8.